The van der Waals surface area contributed by atoms with Crippen molar-refractivity contribution in [2.24, 2.45) is 0 Å². The number of rotatable bonds is 5. The van der Waals surface area contributed by atoms with Crippen LogP contribution in [0.5, 0.6) is 11.5 Å². The standard InChI is InChI=1S/C21H20ClNO3/c22-18-4-2-1-3-17(18)16-7-9-23(14-16)10-8-19(24)15-5-6-20-21(13-15)26-12-11-25-20/h1-6,11-13,16H,7-10,14H2. The molecule has 134 valence electrons. The van der Waals surface area contributed by atoms with Gasteiger partial charge < -0.3 is 14.4 Å². The number of fused-ring (bicyclic) bond motifs is 1. The number of ether oxygens (including phenoxy) is 2. The summed E-state index contributed by atoms with van der Waals surface area (Å²) < 4.78 is 10.7. The summed E-state index contributed by atoms with van der Waals surface area (Å²) in [6, 6.07) is 13.4. The predicted molar refractivity (Wildman–Crippen MR) is 101 cm³/mol. The van der Waals surface area contributed by atoms with Gasteiger partial charge in [-0.2, -0.15) is 0 Å². The zero-order valence-electron chi connectivity index (χ0n) is 14.4. The number of hydrogen-bond donors (Lipinski definition) is 0. The highest BCUT2D eigenvalue weighted by molar-refractivity contribution is 6.31. The fourth-order valence-electron chi connectivity index (χ4n) is 3.57. The van der Waals surface area contributed by atoms with Crippen molar-refractivity contribution in [2.45, 2.75) is 18.8 Å². The molecule has 2 heterocycles. The third kappa shape index (κ3) is 3.62. The molecule has 0 amide bonds. The summed E-state index contributed by atoms with van der Waals surface area (Å²) >= 11 is 6.32. The zero-order chi connectivity index (χ0) is 17.9. The van der Waals surface area contributed by atoms with Crippen LogP contribution in [-0.4, -0.2) is 30.3 Å². The molecule has 0 spiro atoms. The van der Waals surface area contributed by atoms with Crippen molar-refractivity contribution in [1.82, 2.24) is 4.90 Å². The van der Waals surface area contributed by atoms with Gasteiger partial charge >= 0.3 is 0 Å². The summed E-state index contributed by atoms with van der Waals surface area (Å²) in [7, 11) is 0. The number of halogens is 1. The van der Waals surface area contributed by atoms with Gasteiger partial charge in [0.1, 0.15) is 12.5 Å². The fourth-order valence-corrected chi connectivity index (χ4v) is 3.86. The molecule has 4 nitrogen and oxygen atoms in total. The van der Waals surface area contributed by atoms with Gasteiger partial charge in [0.25, 0.3) is 0 Å². The summed E-state index contributed by atoms with van der Waals surface area (Å²) in [6.45, 7) is 2.70. The second-order valence-electron chi connectivity index (χ2n) is 6.65. The first kappa shape index (κ1) is 17.1. The molecular formula is C21H20ClNO3. The minimum absolute atomic E-state index is 0.118. The fraction of sp³-hybridized carbons (Fsp3) is 0.286. The number of ketones is 1. The van der Waals surface area contributed by atoms with Gasteiger partial charge in [-0.25, -0.2) is 0 Å². The van der Waals surface area contributed by atoms with E-state index in [-0.39, 0.29) is 5.78 Å². The van der Waals surface area contributed by atoms with Crippen LogP contribution < -0.4 is 9.47 Å². The van der Waals surface area contributed by atoms with Crippen molar-refractivity contribution < 1.29 is 14.3 Å². The number of likely N-dealkylation sites (tertiary alicyclic amines) is 1. The quantitative estimate of drug-likeness (QED) is 0.719. The van der Waals surface area contributed by atoms with E-state index >= 15 is 0 Å². The first-order chi connectivity index (χ1) is 12.7. The van der Waals surface area contributed by atoms with Crippen molar-refractivity contribution in [3.8, 4) is 11.5 Å². The van der Waals surface area contributed by atoms with Crippen LogP contribution in [0.2, 0.25) is 5.02 Å². The van der Waals surface area contributed by atoms with Crippen LogP contribution in [0, 0.1) is 0 Å². The molecule has 1 atom stereocenters. The van der Waals surface area contributed by atoms with Crippen LogP contribution in [0.1, 0.15) is 34.7 Å². The van der Waals surface area contributed by atoms with E-state index in [4.69, 9.17) is 21.1 Å². The van der Waals surface area contributed by atoms with E-state index in [9.17, 15) is 4.79 Å². The summed E-state index contributed by atoms with van der Waals surface area (Å²) in [5.74, 6) is 1.77. The van der Waals surface area contributed by atoms with Crippen molar-refractivity contribution in [1.29, 1.82) is 0 Å². The van der Waals surface area contributed by atoms with Gasteiger partial charge in [0.05, 0.1) is 0 Å². The van der Waals surface area contributed by atoms with Crippen molar-refractivity contribution in [2.75, 3.05) is 19.6 Å². The first-order valence-electron chi connectivity index (χ1n) is 8.83. The zero-order valence-corrected chi connectivity index (χ0v) is 15.1. The molecule has 5 heteroatoms. The molecule has 2 aromatic carbocycles. The number of hydrogen-bond acceptors (Lipinski definition) is 4. The second kappa shape index (κ2) is 7.52. The molecular weight excluding hydrogens is 350 g/mol. The molecule has 0 N–H and O–H groups in total. The van der Waals surface area contributed by atoms with Crippen molar-refractivity contribution in [3.05, 3.63) is 71.1 Å². The third-order valence-corrected chi connectivity index (χ3v) is 5.33. The van der Waals surface area contributed by atoms with Gasteiger partial charge in [-0.05, 0) is 48.7 Å². The Balaban J connectivity index is 1.34. The summed E-state index contributed by atoms with van der Waals surface area (Å²) in [5, 5.41) is 0.834. The Bertz CT molecular complexity index is 849. The highest BCUT2D eigenvalue weighted by Crippen LogP contribution is 2.33. The Morgan fingerprint density at radius 3 is 2.77 bits per heavy atom. The highest BCUT2D eigenvalue weighted by Gasteiger charge is 2.25. The van der Waals surface area contributed by atoms with Crippen molar-refractivity contribution in [3.63, 3.8) is 0 Å². The van der Waals surface area contributed by atoms with Gasteiger partial charge in [-0.15, -0.1) is 0 Å². The largest absolute Gasteiger partial charge is 0.458 e. The Kier molecular flexibility index (Phi) is 4.96. The van der Waals surface area contributed by atoms with Crippen LogP contribution in [0.4, 0.5) is 0 Å². The number of Topliss-reactive ketones (excluding diaryl/α,β-unsaturated/α-hetero) is 1. The van der Waals surface area contributed by atoms with Crippen LogP contribution in [0.15, 0.2) is 55.0 Å². The molecule has 2 aliphatic heterocycles. The summed E-state index contributed by atoms with van der Waals surface area (Å²) in [6.07, 6.45) is 4.52. The second-order valence-corrected chi connectivity index (χ2v) is 7.06. The lowest BCUT2D eigenvalue weighted by molar-refractivity contribution is 0.0968. The molecule has 26 heavy (non-hydrogen) atoms. The van der Waals surface area contributed by atoms with Gasteiger partial charge in [-0.3, -0.25) is 4.79 Å². The average molecular weight is 370 g/mol. The van der Waals surface area contributed by atoms with Crippen LogP contribution in [0.3, 0.4) is 0 Å². The molecule has 0 bridgehead atoms. The van der Waals surface area contributed by atoms with E-state index in [0.717, 1.165) is 31.1 Å². The molecule has 0 aliphatic carbocycles. The van der Waals surface area contributed by atoms with E-state index in [0.29, 0.717) is 29.4 Å². The maximum atomic E-state index is 12.5. The predicted octanol–water partition coefficient (Wildman–Crippen LogP) is 4.64. The van der Waals surface area contributed by atoms with Crippen molar-refractivity contribution >= 4 is 17.4 Å². The van der Waals surface area contributed by atoms with Crippen LogP contribution >= 0.6 is 11.6 Å². The van der Waals surface area contributed by atoms with Gasteiger partial charge in [0, 0.05) is 30.1 Å². The van der Waals surface area contributed by atoms with Crippen LogP contribution in [-0.2, 0) is 0 Å². The molecule has 0 radical (unpaired) electrons. The van der Waals surface area contributed by atoms with E-state index in [1.807, 2.05) is 18.2 Å². The Hall–Kier alpha value is -2.30. The Labute approximate surface area is 158 Å². The summed E-state index contributed by atoms with van der Waals surface area (Å²) in [5.41, 5.74) is 1.87. The number of nitrogens with zero attached hydrogens (tertiary/aromatic N) is 1. The van der Waals surface area contributed by atoms with E-state index in [1.54, 1.807) is 18.2 Å². The maximum Gasteiger partial charge on any atom is 0.169 e. The average Bonchev–Trinajstić information content (AvgIpc) is 3.15. The van der Waals surface area contributed by atoms with Gasteiger partial charge in [0.2, 0.25) is 0 Å². The molecule has 1 fully saturated rings. The number of benzene rings is 2. The van der Waals surface area contributed by atoms with Gasteiger partial charge in [0.15, 0.2) is 17.3 Å². The lowest BCUT2D eigenvalue weighted by Gasteiger charge is -2.17. The monoisotopic (exact) mass is 369 g/mol. The minimum Gasteiger partial charge on any atom is -0.458 e. The molecule has 0 saturated carbocycles. The number of carbonyl (C=O) groups is 1. The van der Waals surface area contributed by atoms with E-state index in [2.05, 4.69) is 11.0 Å². The Morgan fingerprint density at radius 2 is 1.92 bits per heavy atom. The molecule has 1 unspecified atom stereocenters. The minimum atomic E-state index is 0.118. The maximum absolute atomic E-state index is 12.5. The number of carbonyl (C=O) groups excluding carboxylic acids is 1. The summed E-state index contributed by atoms with van der Waals surface area (Å²) in [4.78, 5) is 14.9. The van der Waals surface area contributed by atoms with E-state index in [1.165, 1.54) is 18.1 Å². The first-order valence-corrected chi connectivity index (χ1v) is 9.21. The molecule has 4 rings (SSSR count). The van der Waals surface area contributed by atoms with Crippen LogP contribution in [0.25, 0.3) is 0 Å². The molecule has 0 aromatic heterocycles. The topological polar surface area (TPSA) is 38.8 Å². The van der Waals surface area contributed by atoms with E-state index < -0.39 is 0 Å². The third-order valence-electron chi connectivity index (χ3n) is 4.98. The lowest BCUT2D eigenvalue weighted by atomic mass is 9.98. The highest BCUT2D eigenvalue weighted by atomic mass is 35.5. The SMILES string of the molecule is O=C(CCN1CCC(c2ccccc2Cl)C1)c1ccc2c(c1)OC=CO2. The molecule has 2 aliphatic rings. The molecule has 2 aromatic rings. The Morgan fingerprint density at radius 1 is 1.12 bits per heavy atom. The lowest BCUT2D eigenvalue weighted by Crippen LogP contribution is -2.23. The normalized spacial score (nSPS) is 18.9. The van der Waals surface area contributed by atoms with Gasteiger partial charge in [-0.1, -0.05) is 29.8 Å². The molecule has 1 saturated heterocycles. The smallest absolute Gasteiger partial charge is 0.169 e.